The second kappa shape index (κ2) is 6.93. The van der Waals surface area contributed by atoms with Gasteiger partial charge in [0.1, 0.15) is 18.2 Å². The summed E-state index contributed by atoms with van der Waals surface area (Å²) >= 11 is 0. The van der Waals surface area contributed by atoms with Crippen molar-refractivity contribution in [1.29, 1.82) is 0 Å². The molecule has 0 spiro atoms. The fourth-order valence-electron chi connectivity index (χ4n) is 1.26. The van der Waals surface area contributed by atoms with E-state index in [1.807, 2.05) is 0 Å². The zero-order valence-electron chi connectivity index (χ0n) is 10.2. The standard InChI is InChI=1S/C14H17FO2/c1-11(2)7-9-17-14-10-13(15)6-5-12(14)4-3-8-16/h5-6,10-11,16H,7-9H2,1-2H3. The Kier molecular flexibility index (Phi) is 5.51. The van der Waals surface area contributed by atoms with Gasteiger partial charge in [-0.25, -0.2) is 4.39 Å². The summed E-state index contributed by atoms with van der Waals surface area (Å²) in [6.45, 7) is 4.51. The Balaban J connectivity index is 2.76. The average Bonchev–Trinajstić information content (AvgIpc) is 2.27. The molecule has 1 aromatic carbocycles. The molecule has 0 aliphatic carbocycles. The largest absolute Gasteiger partial charge is 0.492 e. The summed E-state index contributed by atoms with van der Waals surface area (Å²) in [5.74, 6) is 5.89. The number of benzene rings is 1. The predicted molar refractivity (Wildman–Crippen MR) is 65.3 cm³/mol. The number of hydrogen-bond donors (Lipinski definition) is 1. The first-order valence-corrected chi connectivity index (χ1v) is 5.65. The molecule has 0 saturated carbocycles. The highest BCUT2D eigenvalue weighted by Gasteiger charge is 2.04. The third-order valence-corrected chi connectivity index (χ3v) is 2.20. The molecule has 0 fully saturated rings. The molecule has 0 aliphatic heterocycles. The third-order valence-electron chi connectivity index (χ3n) is 2.20. The van der Waals surface area contributed by atoms with Crippen molar-refractivity contribution in [2.45, 2.75) is 20.3 Å². The van der Waals surface area contributed by atoms with Crippen molar-refractivity contribution >= 4 is 0 Å². The molecule has 1 rings (SSSR count). The van der Waals surface area contributed by atoms with Crippen molar-refractivity contribution in [1.82, 2.24) is 0 Å². The molecular formula is C14H17FO2. The molecule has 1 aromatic rings. The van der Waals surface area contributed by atoms with E-state index in [1.54, 1.807) is 6.07 Å². The lowest BCUT2D eigenvalue weighted by Gasteiger charge is -2.09. The van der Waals surface area contributed by atoms with E-state index in [1.165, 1.54) is 12.1 Å². The first kappa shape index (κ1) is 13.5. The van der Waals surface area contributed by atoms with Crippen LogP contribution in [0.15, 0.2) is 18.2 Å². The Morgan fingerprint density at radius 3 is 2.82 bits per heavy atom. The van der Waals surface area contributed by atoms with Gasteiger partial charge in [-0.2, -0.15) is 0 Å². The minimum absolute atomic E-state index is 0.219. The normalized spacial score (nSPS) is 9.94. The van der Waals surface area contributed by atoms with Gasteiger partial charge >= 0.3 is 0 Å². The van der Waals surface area contributed by atoms with Crippen molar-refractivity contribution in [2.24, 2.45) is 5.92 Å². The van der Waals surface area contributed by atoms with Gasteiger partial charge < -0.3 is 9.84 Å². The maximum Gasteiger partial charge on any atom is 0.137 e. The number of rotatable bonds is 4. The topological polar surface area (TPSA) is 29.5 Å². The van der Waals surface area contributed by atoms with Crippen LogP contribution in [0.4, 0.5) is 4.39 Å². The van der Waals surface area contributed by atoms with Gasteiger partial charge in [-0.1, -0.05) is 25.7 Å². The first-order chi connectivity index (χ1) is 8.13. The maximum atomic E-state index is 13.1. The Labute approximate surface area is 101 Å². The minimum atomic E-state index is -0.348. The van der Waals surface area contributed by atoms with Crippen molar-refractivity contribution in [3.05, 3.63) is 29.6 Å². The van der Waals surface area contributed by atoms with Crippen LogP contribution in [0.25, 0.3) is 0 Å². The zero-order chi connectivity index (χ0) is 12.7. The molecule has 92 valence electrons. The number of ether oxygens (including phenoxy) is 1. The Morgan fingerprint density at radius 1 is 1.41 bits per heavy atom. The first-order valence-electron chi connectivity index (χ1n) is 5.65. The van der Waals surface area contributed by atoms with Gasteiger partial charge in [0.25, 0.3) is 0 Å². The molecular weight excluding hydrogens is 219 g/mol. The number of aliphatic hydroxyl groups excluding tert-OH is 1. The van der Waals surface area contributed by atoms with Gasteiger partial charge in [0.15, 0.2) is 0 Å². The summed E-state index contributed by atoms with van der Waals surface area (Å²) in [6, 6.07) is 4.21. The zero-order valence-corrected chi connectivity index (χ0v) is 10.2. The summed E-state index contributed by atoms with van der Waals surface area (Å²) in [4.78, 5) is 0. The third kappa shape index (κ3) is 4.88. The molecule has 0 heterocycles. The molecule has 0 amide bonds. The molecule has 0 aromatic heterocycles. The highest BCUT2D eigenvalue weighted by atomic mass is 19.1. The van der Waals surface area contributed by atoms with Crippen molar-refractivity contribution < 1.29 is 14.2 Å². The maximum absolute atomic E-state index is 13.1. The van der Waals surface area contributed by atoms with Crippen LogP contribution in [-0.4, -0.2) is 18.3 Å². The number of halogens is 1. The van der Waals surface area contributed by atoms with E-state index in [2.05, 4.69) is 25.7 Å². The van der Waals surface area contributed by atoms with Crippen LogP contribution in [0.3, 0.4) is 0 Å². The van der Waals surface area contributed by atoms with Crippen LogP contribution in [0.1, 0.15) is 25.8 Å². The highest BCUT2D eigenvalue weighted by molar-refractivity contribution is 5.46. The summed E-state index contributed by atoms with van der Waals surface area (Å²) in [6.07, 6.45) is 0.906. The summed E-state index contributed by atoms with van der Waals surface area (Å²) in [5, 5.41) is 8.63. The molecule has 0 aliphatic rings. The van der Waals surface area contributed by atoms with E-state index in [0.717, 1.165) is 6.42 Å². The fraction of sp³-hybridized carbons (Fsp3) is 0.429. The van der Waals surface area contributed by atoms with Gasteiger partial charge in [-0.05, 0) is 24.5 Å². The van der Waals surface area contributed by atoms with E-state index in [4.69, 9.17) is 9.84 Å². The summed E-state index contributed by atoms with van der Waals surface area (Å²) < 4.78 is 18.6. The van der Waals surface area contributed by atoms with Crippen LogP contribution in [0, 0.1) is 23.6 Å². The predicted octanol–water partition coefficient (Wildman–Crippen LogP) is 2.59. The van der Waals surface area contributed by atoms with E-state index in [9.17, 15) is 4.39 Å². The monoisotopic (exact) mass is 236 g/mol. The molecule has 0 atom stereocenters. The van der Waals surface area contributed by atoms with Crippen LogP contribution < -0.4 is 4.74 Å². The summed E-state index contributed by atoms with van der Waals surface area (Å²) in [7, 11) is 0. The average molecular weight is 236 g/mol. The fourth-order valence-corrected chi connectivity index (χ4v) is 1.26. The highest BCUT2D eigenvalue weighted by Crippen LogP contribution is 2.19. The Bertz CT molecular complexity index is 416. The van der Waals surface area contributed by atoms with Crippen molar-refractivity contribution in [2.75, 3.05) is 13.2 Å². The van der Waals surface area contributed by atoms with Gasteiger partial charge in [0.05, 0.1) is 12.2 Å². The van der Waals surface area contributed by atoms with Gasteiger partial charge in [0.2, 0.25) is 0 Å². The quantitative estimate of drug-likeness (QED) is 0.814. The van der Waals surface area contributed by atoms with Gasteiger partial charge in [0, 0.05) is 6.07 Å². The lowest BCUT2D eigenvalue weighted by atomic mass is 10.1. The Morgan fingerprint density at radius 2 is 2.18 bits per heavy atom. The van der Waals surface area contributed by atoms with E-state index >= 15 is 0 Å². The van der Waals surface area contributed by atoms with Crippen LogP contribution in [0.5, 0.6) is 5.75 Å². The van der Waals surface area contributed by atoms with Crippen LogP contribution in [0.2, 0.25) is 0 Å². The van der Waals surface area contributed by atoms with E-state index in [0.29, 0.717) is 23.8 Å². The van der Waals surface area contributed by atoms with Gasteiger partial charge in [-0.15, -0.1) is 0 Å². The SMILES string of the molecule is CC(C)CCOc1cc(F)ccc1C#CCO. The van der Waals surface area contributed by atoms with Crippen molar-refractivity contribution in [3.8, 4) is 17.6 Å². The lowest BCUT2D eigenvalue weighted by molar-refractivity contribution is 0.287. The van der Waals surface area contributed by atoms with Gasteiger partial charge in [-0.3, -0.25) is 0 Å². The number of hydrogen-bond acceptors (Lipinski definition) is 2. The van der Waals surface area contributed by atoms with Crippen molar-refractivity contribution in [3.63, 3.8) is 0 Å². The molecule has 0 bridgehead atoms. The van der Waals surface area contributed by atoms with E-state index < -0.39 is 0 Å². The second-order valence-corrected chi connectivity index (χ2v) is 4.13. The van der Waals surface area contributed by atoms with E-state index in [-0.39, 0.29) is 12.4 Å². The Hall–Kier alpha value is -1.53. The molecule has 1 N–H and O–H groups in total. The second-order valence-electron chi connectivity index (χ2n) is 4.13. The smallest absolute Gasteiger partial charge is 0.137 e. The van der Waals surface area contributed by atoms with Crippen LogP contribution >= 0.6 is 0 Å². The molecule has 3 heteroatoms. The lowest BCUT2D eigenvalue weighted by Crippen LogP contribution is -2.03. The summed E-state index contributed by atoms with van der Waals surface area (Å²) in [5.41, 5.74) is 0.601. The minimum Gasteiger partial charge on any atom is -0.492 e. The number of aliphatic hydroxyl groups is 1. The molecule has 0 radical (unpaired) electrons. The van der Waals surface area contributed by atoms with Crippen LogP contribution in [-0.2, 0) is 0 Å². The molecule has 0 unspecified atom stereocenters. The molecule has 17 heavy (non-hydrogen) atoms. The molecule has 0 saturated heterocycles. The molecule has 2 nitrogen and oxygen atoms in total.